The average Bonchev–Trinajstić information content (AvgIpc) is 2.30. The second-order valence-corrected chi connectivity index (χ2v) is 5.58. The molecule has 1 aliphatic rings. The summed E-state index contributed by atoms with van der Waals surface area (Å²) in [6.07, 6.45) is 1.94. The second kappa shape index (κ2) is 8.38. The fraction of sp³-hybridized carbons (Fsp3) is 0.900. The molecule has 0 bridgehead atoms. The highest BCUT2D eigenvalue weighted by atomic mass is 35.6. The topological polar surface area (TPSA) is 68.3 Å². The molecule has 2 atom stereocenters. The zero-order valence-corrected chi connectivity index (χ0v) is 12.3. The summed E-state index contributed by atoms with van der Waals surface area (Å²) in [5.41, 5.74) is 5.47. The maximum absolute atomic E-state index is 7.37. The summed E-state index contributed by atoms with van der Waals surface area (Å²) in [4.78, 5) is 0. The normalized spacial score (nSPS) is 24.6. The molecule has 0 aromatic heterocycles. The monoisotopic (exact) mass is 304 g/mol. The van der Waals surface area contributed by atoms with E-state index in [1.165, 1.54) is 0 Å². The predicted octanol–water partition coefficient (Wildman–Crippen LogP) is 3.23. The van der Waals surface area contributed by atoms with Crippen LogP contribution in [0.25, 0.3) is 0 Å². The van der Waals surface area contributed by atoms with E-state index in [-0.39, 0.29) is 6.10 Å². The van der Waals surface area contributed by atoms with E-state index >= 15 is 0 Å². The fourth-order valence-electron chi connectivity index (χ4n) is 1.32. The minimum absolute atomic E-state index is 0.0353. The Labute approximate surface area is 117 Å². The van der Waals surface area contributed by atoms with Crippen molar-refractivity contribution in [1.82, 2.24) is 0 Å². The van der Waals surface area contributed by atoms with E-state index in [9.17, 15) is 0 Å². The van der Waals surface area contributed by atoms with Gasteiger partial charge in [-0.2, -0.15) is 0 Å². The average molecular weight is 306 g/mol. The fourth-order valence-corrected chi connectivity index (χ4v) is 1.45. The lowest BCUT2D eigenvalue weighted by Crippen LogP contribution is -2.37. The molecule has 1 heterocycles. The van der Waals surface area contributed by atoms with Crippen LogP contribution >= 0.6 is 34.8 Å². The van der Waals surface area contributed by atoms with Gasteiger partial charge in [-0.15, -0.1) is 0 Å². The number of nitrogens with one attached hydrogen (secondary N) is 1. The SMILES string of the molecule is CC.N=C(OC1CCCC(CN)O1)C(Cl)(Cl)Cl. The number of nitrogens with two attached hydrogens (primary N) is 1. The first-order valence-electron chi connectivity index (χ1n) is 5.61. The molecule has 3 N–H and O–H groups in total. The highest BCUT2D eigenvalue weighted by Gasteiger charge is 2.32. The smallest absolute Gasteiger partial charge is 0.265 e. The van der Waals surface area contributed by atoms with Gasteiger partial charge in [0.25, 0.3) is 3.79 Å². The van der Waals surface area contributed by atoms with E-state index in [1.54, 1.807) is 0 Å². The summed E-state index contributed by atoms with van der Waals surface area (Å²) in [5, 5.41) is 7.37. The van der Waals surface area contributed by atoms with Gasteiger partial charge in [0.1, 0.15) is 0 Å². The van der Waals surface area contributed by atoms with Gasteiger partial charge in [-0.3, -0.25) is 5.41 Å². The van der Waals surface area contributed by atoms with Crippen LogP contribution in [0.5, 0.6) is 0 Å². The number of alkyl halides is 3. The van der Waals surface area contributed by atoms with Crippen LogP contribution in [0.15, 0.2) is 0 Å². The Morgan fingerprint density at radius 1 is 1.41 bits per heavy atom. The summed E-state index contributed by atoms with van der Waals surface area (Å²) in [6, 6.07) is 0. The molecular formula is C10H19Cl3N2O2. The van der Waals surface area contributed by atoms with Gasteiger partial charge in [0.15, 0.2) is 0 Å². The van der Waals surface area contributed by atoms with Crippen LogP contribution in [-0.4, -0.2) is 28.6 Å². The summed E-state index contributed by atoms with van der Waals surface area (Å²) < 4.78 is 8.70. The lowest BCUT2D eigenvalue weighted by molar-refractivity contribution is -0.151. The van der Waals surface area contributed by atoms with E-state index in [0.717, 1.165) is 12.8 Å². The molecule has 0 saturated carbocycles. The number of rotatable bonds is 2. The Hall–Kier alpha value is 0.260. The van der Waals surface area contributed by atoms with E-state index in [2.05, 4.69) is 0 Å². The molecule has 0 radical (unpaired) electrons. The van der Waals surface area contributed by atoms with Gasteiger partial charge in [-0.05, 0) is 12.8 Å². The molecule has 0 aromatic rings. The van der Waals surface area contributed by atoms with Gasteiger partial charge in [0, 0.05) is 13.0 Å². The first-order valence-corrected chi connectivity index (χ1v) is 6.75. The summed E-state index contributed by atoms with van der Waals surface area (Å²) in [6.45, 7) is 4.43. The molecule has 0 aromatic carbocycles. The maximum Gasteiger partial charge on any atom is 0.265 e. The molecule has 0 amide bonds. The molecule has 102 valence electrons. The molecule has 1 saturated heterocycles. The Bertz CT molecular complexity index is 234. The Balaban J connectivity index is 0.00000121. The van der Waals surface area contributed by atoms with E-state index < -0.39 is 16.0 Å². The zero-order valence-electron chi connectivity index (χ0n) is 10.0. The summed E-state index contributed by atoms with van der Waals surface area (Å²) in [7, 11) is 0. The highest BCUT2D eigenvalue weighted by Crippen LogP contribution is 2.30. The molecule has 2 unspecified atom stereocenters. The van der Waals surface area contributed by atoms with Crippen molar-refractivity contribution >= 4 is 40.7 Å². The second-order valence-electron chi connectivity index (χ2n) is 3.30. The van der Waals surface area contributed by atoms with Crippen LogP contribution in [0, 0.1) is 5.41 Å². The summed E-state index contributed by atoms with van der Waals surface area (Å²) >= 11 is 16.4. The quantitative estimate of drug-likeness (QED) is 0.467. The van der Waals surface area contributed by atoms with Gasteiger partial charge in [0.2, 0.25) is 12.2 Å². The van der Waals surface area contributed by atoms with Gasteiger partial charge < -0.3 is 15.2 Å². The number of hydrogen-bond acceptors (Lipinski definition) is 4. The van der Waals surface area contributed by atoms with Crippen molar-refractivity contribution in [3.63, 3.8) is 0 Å². The summed E-state index contributed by atoms with van der Waals surface area (Å²) in [5.74, 6) is -0.421. The Morgan fingerprint density at radius 2 is 2.00 bits per heavy atom. The van der Waals surface area contributed by atoms with Gasteiger partial charge >= 0.3 is 0 Å². The molecule has 7 heteroatoms. The van der Waals surface area contributed by atoms with Crippen molar-refractivity contribution < 1.29 is 9.47 Å². The van der Waals surface area contributed by atoms with Gasteiger partial charge in [-0.25, -0.2) is 0 Å². The van der Waals surface area contributed by atoms with Crippen molar-refractivity contribution in [3.05, 3.63) is 0 Å². The zero-order chi connectivity index (χ0) is 13.5. The maximum atomic E-state index is 7.37. The van der Waals surface area contributed by atoms with Crippen LogP contribution in [-0.2, 0) is 9.47 Å². The van der Waals surface area contributed by atoms with Gasteiger partial charge in [0.05, 0.1) is 6.10 Å². The lowest BCUT2D eigenvalue weighted by Gasteiger charge is -2.30. The van der Waals surface area contributed by atoms with Crippen LogP contribution in [0.3, 0.4) is 0 Å². The minimum atomic E-state index is -1.83. The van der Waals surface area contributed by atoms with Crippen molar-refractivity contribution in [2.75, 3.05) is 6.54 Å². The number of halogens is 3. The molecule has 1 aliphatic heterocycles. The first-order chi connectivity index (χ1) is 7.93. The Kier molecular flexibility index (Phi) is 8.51. The molecule has 17 heavy (non-hydrogen) atoms. The molecule has 1 fully saturated rings. The number of hydrogen-bond donors (Lipinski definition) is 2. The van der Waals surface area contributed by atoms with Crippen LogP contribution in [0.4, 0.5) is 0 Å². The van der Waals surface area contributed by atoms with Crippen LogP contribution in [0.2, 0.25) is 0 Å². The molecular weight excluding hydrogens is 286 g/mol. The number of ether oxygens (including phenoxy) is 2. The standard InChI is InChI=1S/C8H13Cl3N2O2.C2H6/c9-8(10,11)7(13)15-6-3-1-2-5(4-12)14-6;1-2/h5-6,13H,1-4,12H2;1-2H3. The third-order valence-corrected chi connectivity index (χ3v) is 2.59. The Morgan fingerprint density at radius 3 is 2.47 bits per heavy atom. The lowest BCUT2D eigenvalue weighted by atomic mass is 10.1. The highest BCUT2D eigenvalue weighted by molar-refractivity contribution is 6.76. The van der Waals surface area contributed by atoms with Crippen LogP contribution in [0.1, 0.15) is 33.1 Å². The van der Waals surface area contributed by atoms with Crippen LogP contribution < -0.4 is 5.73 Å². The van der Waals surface area contributed by atoms with E-state index in [4.69, 9.17) is 55.4 Å². The predicted molar refractivity (Wildman–Crippen MR) is 72.0 cm³/mol. The largest absolute Gasteiger partial charge is 0.448 e. The molecule has 4 nitrogen and oxygen atoms in total. The first kappa shape index (κ1) is 17.3. The third-order valence-electron chi connectivity index (χ3n) is 2.08. The third kappa shape index (κ3) is 6.67. The van der Waals surface area contributed by atoms with Crippen molar-refractivity contribution in [2.45, 2.75) is 49.3 Å². The van der Waals surface area contributed by atoms with Crippen molar-refractivity contribution in [3.8, 4) is 0 Å². The molecule has 1 rings (SSSR count). The van der Waals surface area contributed by atoms with Crippen molar-refractivity contribution in [2.24, 2.45) is 5.73 Å². The van der Waals surface area contributed by atoms with Gasteiger partial charge in [-0.1, -0.05) is 48.7 Å². The van der Waals surface area contributed by atoms with Crippen molar-refractivity contribution in [1.29, 1.82) is 5.41 Å². The minimum Gasteiger partial charge on any atom is -0.448 e. The molecule has 0 aliphatic carbocycles. The van der Waals surface area contributed by atoms with E-state index in [0.29, 0.717) is 13.0 Å². The molecule has 0 spiro atoms. The van der Waals surface area contributed by atoms with E-state index in [1.807, 2.05) is 13.8 Å².